The molecule has 0 aliphatic heterocycles. The first-order valence-corrected chi connectivity index (χ1v) is 7.87. The Morgan fingerprint density at radius 1 is 1.21 bits per heavy atom. The minimum Gasteiger partial charge on any atom is -0.207 e. The second kappa shape index (κ2) is 9.12. The summed E-state index contributed by atoms with van der Waals surface area (Å²) in [6.45, 7) is 7.75. The normalized spacial score (nSPS) is 25.4. The Balaban J connectivity index is 2.42. The quantitative estimate of drug-likeness (QED) is 0.371. The first-order chi connectivity index (χ1) is 9.21. The number of hydrogen-bond acceptors (Lipinski definition) is 0. The van der Waals surface area contributed by atoms with Crippen molar-refractivity contribution < 1.29 is 4.39 Å². The van der Waals surface area contributed by atoms with Gasteiger partial charge in [0.25, 0.3) is 0 Å². The van der Waals surface area contributed by atoms with E-state index in [1.165, 1.54) is 57.4 Å². The van der Waals surface area contributed by atoms with Crippen LogP contribution in [0.4, 0.5) is 4.39 Å². The second-order valence-corrected chi connectivity index (χ2v) is 5.74. The van der Waals surface area contributed by atoms with Crippen LogP contribution in [0, 0.1) is 11.8 Å². The third kappa shape index (κ3) is 5.76. The average molecular weight is 264 g/mol. The molecule has 1 rings (SSSR count). The first kappa shape index (κ1) is 16.2. The van der Waals surface area contributed by atoms with Gasteiger partial charge in [0.1, 0.15) is 5.83 Å². The molecule has 1 heteroatoms. The molecule has 0 N–H and O–H groups in total. The summed E-state index contributed by atoms with van der Waals surface area (Å²) >= 11 is 0. The van der Waals surface area contributed by atoms with Gasteiger partial charge < -0.3 is 0 Å². The van der Waals surface area contributed by atoms with Crippen molar-refractivity contribution in [3.63, 3.8) is 0 Å². The van der Waals surface area contributed by atoms with Gasteiger partial charge in [-0.05, 0) is 62.2 Å². The van der Waals surface area contributed by atoms with Gasteiger partial charge in [0.2, 0.25) is 0 Å². The molecule has 0 atom stereocenters. The molecular formula is C18H29F. The van der Waals surface area contributed by atoms with Gasteiger partial charge in [-0.25, -0.2) is 4.39 Å². The Morgan fingerprint density at radius 3 is 2.42 bits per heavy atom. The minimum absolute atomic E-state index is 0.210. The van der Waals surface area contributed by atoms with Crippen molar-refractivity contribution in [3.05, 3.63) is 36.2 Å². The molecule has 0 aromatic heterocycles. The lowest BCUT2D eigenvalue weighted by Gasteiger charge is -2.29. The summed E-state index contributed by atoms with van der Waals surface area (Å²) in [4.78, 5) is 0. The van der Waals surface area contributed by atoms with Gasteiger partial charge in [0.15, 0.2) is 0 Å². The van der Waals surface area contributed by atoms with E-state index >= 15 is 0 Å². The zero-order valence-corrected chi connectivity index (χ0v) is 12.6. The van der Waals surface area contributed by atoms with Crippen LogP contribution in [0.2, 0.25) is 0 Å². The molecule has 1 fully saturated rings. The molecule has 0 nitrogen and oxygen atoms in total. The third-order valence-corrected chi connectivity index (χ3v) is 4.37. The van der Waals surface area contributed by atoms with Crippen LogP contribution in [0.1, 0.15) is 65.2 Å². The molecule has 0 aromatic carbocycles. The smallest absolute Gasteiger partial charge is 0.122 e. The van der Waals surface area contributed by atoms with E-state index in [-0.39, 0.29) is 5.83 Å². The summed E-state index contributed by atoms with van der Waals surface area (Å²) in [5, 5.41) is 0. The molecule has 0 heterocycles. The van der Waals surface area contributed by atoms with E-state index in [4.69, 9.17) is 0 Å². The van der Waals surface area contributed by atoms with Crippen LogP contribution >= 0.6 is 0 Å². The van der Waals surface area contributed by atoms with E-state index in [1.807, 2.05) is 6.92 Å². The summed E-state index contributed by atoms with van der Waals surface area (Å²) < 4.78 is 13.3. The number of allylic oxidation sites excluding steroid dienone is 5. The highest BCUT2D eigenvalue weighted by atomic mass is 19.1. The van der Waals surface area contributed by atoms with Crippen LogP contribution in [0.15, 0.2) is 36.2 Å². The highest BCUT2D eigenvalue weighted by molar-refractivity contribution is 5.27. The first-order valence-electron chi connectivity index (χ1n) is 7.87. The molecular weight excluding hydrogens is 235 g/mol. The molecule has 0 unspecified atom stereocenters. The Morgan fingerprint density at radius 2 is 1.89 bits per heavy atom. The summed E-state index contributed by atoms with van der Waals surface area (Å²) in [5.74, 6) is 1.26. The van der Waals surface area contributed by atoms with Crippen molar-refractivity contribution in [2.24, 2.45) is 11.8 Å². The van der Waals surface area contributed by atoms with Crippen LogP contribution < -0.4 is 0 Å². The van der Waals surface area contributed by atoms with Crippen LogP contribution in [0.3, 0.4) is 0 Å². The highest BCUT2D eigenvalue weighted by Crippen LogP contribution is 2.36. The van der Waals surface area contributed by atoms with Crippen molar-refractivity contribution in [2.45, 2.75) is 65.2 Å². The Labute approximate surface area is 118 Å². The van der Waals surface area contributed by atoms with Crippen LogP contribution in [-0.4, -0.2) is 0 Å². The summed E-state index contributed by atoms with van der Waals surface area (Å²) in [6.07, 6.45) is 15.5. The predicted octanol–water partition coefficient (Wildman–Crippen LogP) is 6.36. The van der Waals surface area contributed by atoms with Crippen LogP contribution in [0.25, 0.3) is 0 Å². The van der Waals surface area contributed by atoms with Gasteiger partial charge in [-0.15, -0.1) is 0 Å². The van der Waals surface area contributed by atoms with Gasteiger partial charge in [-0.3, -0.25) is 0 Å². The van der Waals surface area contributed by atoms with Crippen molar-refractivity contribution in [2.75, 3.05) is 0 Å². The van der Waals surface area contributed by atoms with Gasteiger partial charge in [-0.2, -0.15) is 0 Å². The minimum atomic E-state index is -0.210. The van der Waals surface area contributed by atoms with E-state index in [0.717, 1.165) is 11.5 Å². The molecule has 0 radical (unpaired) electrons. The fourth-order valence-electron chi connectivity index (χ4n) is 3.12. The maximum Gasteiger partial charge on any atom is 0.122 e. The highest BCUT2D eigenvalue weighted by Gasteiger charge is 2.22. The lowest BCUT2D eigenvalue weighted by Crippen LogP contribution is -2.15. The molecule has 0 saturated heterocycles. The summed E-state index contributed by atoms with van der Waals surface area (Å²) in [6, 6.07) is 0. The van der Waals surface area contributed by atoms with Crippen LogP contribution in [0.5, 0.6) is 0 Å². The summed E-state index contributed by atoms with van der Waals surface area (Å²) in [7, 11) is 0. The maximum absolute atomic E-state index is 13.3. The van der Waals surface area contributed by atoms with E-state index < -0.39 is 0 Å². The summed E-state index contributed by atoms with van der Waals surface area (Å²) in [5.41, 5.74) is 1.16. The van der Waals surface area contributed by atoms with Gasteiger partial charge in [0.05, 0.1) is 0 Å². The fraction of sp³-hybridized carbons (Fsp3) is 0.667. The van der Waals surface area contributed by atoms with Gasteiger partial charge in [-0.1, -0.05) is 45.3 Å². The van der Waals surface area contributed by atoms with Crippen molar-refractivity contribution in [1.82, 2.24) is 0 Å². The number of halogens is 1. The number of rotatable bonds is 7. The Hall–Kier alpha value is -0.850. The maximum atomic E-state index is 13.3. The van der Waals surface area contributed by atoms with Crippen LogP contribution in [-0.2, 0) is 0 Å². The molecule has 1 aliphatic rings. The Bertz CT molecular complexity index is 317. The van der Waals surface area contributed by atoms with E-state index in [0.29, 0.717) is 5.92 Å². The van der Waals surface area contributed by atoms with Crippen molar-refractivity contribution in [3.8, 4) is 0 Å². The lowest BCUT2D eigenvalue weighted by atomic mass is 9.76. The molecule has 0 aromatic rings. The van der Waals surface area contributed by atoms with Crippen molar-refractivity contribution >= 4 is 0 Å². The largest absolute Gasteiger partial charge is 0.207 e. The topological polar surface area (TPSA) is 0 Å². The van der Waals surface area contributed by atoms with Gasteiger partial charge >= 0.3 is 0 Å². The van der Waals surface area contributed by atoms with Crippen molar-refractivity contribution in [1.29, 1.82) is 0 Å². The van der Waals surface area contributed by atoms with Gasteiger partial charge in [0, 0.05) is 0 Å². The molecule has 19 heavy (non-hydrogen) atoms. The van der Waals surface area contributed by atoms with E-state index in [2.05, 4.69) is 19.6 Å². The molecule has 108 valence electrons. The fourth-order valence-corrected chi connectivity index (χ4v) is 3.12. The average Bonchev–Trinajstić information content (AvgIpc) is 2.45. The number of unbranched alkanes of at least 4 members (excludes halogenated alkanes) is 2. The standard InChI is InChI=1S/C18H29F/c1-4-7-8-9-15-10-12-17(13-11-15)16(5-2)14-18(19)6-3/h5-6,14-15,17H,3-4,7-13H2,1-2H3/b16-5+,18-14+. The zero-order valence-electron chi connectivity index (χ0n) is 12.6. The molecule has 1 saturated carbocycles. The lowest BCUT2D eigenvalue weighted by molar-refractivity contribution is 0.284. The SMILES string of the molecule is C=C/C(F)=C\C(=C/C)C1CCC(CCCCC)CC1. The number of hydrogen-bond donors (Lipinski definition) is 0. The molecule has 0 bridgehead atoms. The second-order valence-electron chi connectivity index (χ2n) is 5.74. The van der Waals surface area contributed by atoms with E-state index in [9.17, 15) is 4.39 Å². The monoisotopic (exact) mass is 264 g/mol. The zero-order chi connectivity index (χ0) is 14.1. The van der Waals surface area contributed by atoms with E-state index in [1.54, 1.807) is 6.08 Å². The molecule has 0 spiro atoms. The molecule has 1 aliphatic carbocycles. The predicted molar refractivity (Wildman–Crippen MR) is 82.7 cm³/mol. The molecule has 0 amide bonds. The third-order valence-electron chi connectivity index (χ3n) is 4.37. The Kier molecular flexibility index (Phi) is 7.78.